The van der Waals surface area contributed by atoms with Gasteiger partial charge >= 0.3 is 0 Å². The number of halogens is 2. The summed E-state index contributed by atoms with van der Waals surface area (Å²) in [6.45, 7) is 5.70. The van der Waals surface area contributed by atoms with Gasteiger partial charge in [-0.15, -0.1) is 0 Å². The lowest BCUT2D eigenvalue weighted by Gasteiger charge is -2.33. The SMILES string of the molecule is COCCCN1CCOc2ccc(COC3CNCCC3c3ccc(COc4ccc(F)cc4F)cc3)cc21. The number of ether oxygens (including phenoxy) is 4. The summed E-state index contributed by atoms with van der Waals surface area (Å²) in [5.41, 5.74) is 4.37. The maximum Gasteiger partial charge on any atom is 0.167 e. The molecule has 0 saturated carbocycles. The Morgan fingerprint density at radius 2 is 1.85 bits per heavy atom. The largest absolute Gasteiger partial charge is 0.490 e. The second-order valence-electron chi connectivity index (χ2n) is 10.0. The second-order valence-corrected chi connectivity index (χ2v) is 10.0. The molecule has 5 rings (SSSR count). The summed E-state index contributed by atoms with van der Waals surface area (Å²) in [5, 5.41) is 3.47. The summed E-state index contributed by atoms with van der Waals surface area (Å²) in [7, 11) is 1.73. The zero-order valence-electron chi connectivity index (χ0n) is 22.3. The molecule has 2 aliphatic heterocycles. The van der Waals surface area contributed by atoms with Gasteiger partial charge in [0.2, 0.25) is 0 Å². The van der Waals surface area contributed by atoms with E-state index < -0.39 is 11.6 Å². The highest BCUT2D eigenvalue weighted by Crippen LogP contribution is 2.34. The van der Waals surface area contributed by atoms with Crippen LogP contribution in [0.5, 0.6) is 11.5 Å². The Balaban J connectivity index is 1.19. The number of fused-ring (bicyclic) bond motifs is 1. The van der Waals surface area contributed by atoms with Crippen molar-refractivity contribution in [2.75, 3.05) is 51.4 Å². The average molecular weight is 539 g/mol. The molecule has 1 saturated heterocycles. The van der Waals surface area contributed by atoms with Crippen LogP contribution in [0.4, 0.5) is 14.5 Å². The minimum Gasteiger partial charge on any atom is -0.490 e. The van der Waals surface area contributed by atoms with Crippen LogP contribution in [0.15, 0.2) is 60.7 Å². The van der Waals surface area contributed by atoms with E-state index in [1.165, 1.54) is 17.7 Å². The van der Waals surface area contributed by atoms with Gasteiger partial charge in [-0.25, -0.2) is 8.78 Å². The molecule has 6 nitrogen and oxygen atoms in total. The Labute approximate surface area is 228 Å². The molecular weight excluding hydrogens is 502 g/mol. The fourth-order valence-corrected chi connectivity index (χ4v) is 5.24. The smallest absolute Gasteiger partial charge is 0.167 e. The van der Waals surface area contributed by atoms with Crippen LogP contribution in [-0.2, 0) is 22.7 Å². The predicted octanol–water partition coefficient (Wildman–Crippen LogP) is 5.44. The molecule has 8 heteroatoms. The molecule has 2 aliphatic rings. The molecule has 0 radical (unpaired) electrons. The Kier molecular flexibility index (Phi) is 9.29. The zero-order valence-corrected chi connectivity index (χ0v) is 22.3. The van der Waals surface area contributed by atoms with Crippen LogP contribution >= 0.6 is 0 Å². The van der Waals surface area contributed by atoms with Gasteiger partial charge in [0.1, 0.15) is 24.8 Å². The van der Waals surface area contributed by atoms with Gasteiger partial charge in [0.15, 0.2) is 11.6 Å². The number of anilines is 1. The number of nitrogens with one attached hydrogen (secondary N) is 1. The third-order valence-corrected chi connectivity index (χ3v) is 7.35. The first-order chi connectivity index (χ1) is 19.1. The zero-order chi connectivity index (χ0) is 27.0. The van der Waals surface area contributed by atoms with Crippen LogP contribution in [0.2, 0.25) is 0 Å². The van der Waals surface area contributed by atoms with Crippen molar-refractivity contribution in [2.24, 2.45) is 0 Å². The van der Waals surface area contributed by atoms with E-state index in [4.69, 9.17) is 18.9 Å². The van der Waals surface area contributed by atoms with Gasteiger partial charge in [-0.1, -0.05) is 30.3 Å². The summed E-state index contributed by atoms with van der Waals surface area (Å²) < 4.78 is 50.1. The molecule has 208 valence electrons. The minimum absolute atomic E-state index is 0.0409. The van der Waals surface area contributed by atoms with E-state index in [1.54, 1.807) is 7.11 Å². The molecule has 0 bridgehead atoms. The molecule has 3 aromatic carbocycles. The molecule has 2 unspecified atom stereocenters. The third-order valence-electron chi connectivity index (χ3n) is 7.35. The maximum absolute atomic E-state index is 13.9. The Morgan fingerprint density at radius 1 is 1.00 bits per heavy atom. The van der Waals surface area contributed by atoms with Gasteiger partial charge in [-0.2, -0.15) is 0 Å². The van der Waals surface area contributed by atoms with Crippen LogP contribution in [0.3, 0.4) is 0 Å². The number of nitrogens with zero attached hydrogens (tertiary/aromatic N) is 1. The number of hydrogen-bond acceptors (Lipinski definition) is 6. The average Bonchev–Trinajstić information content (AvgIpc) is 2.96. The van der Waals surface area contributed by atoms with Crippen LogP contribution < -0.4 is 19.7 Å². The van der Waals surface area contributed by atoms with Crippen molar-refractivity contribution < 1.29 is 27.7 Å². The molecule has 2 heterocycles. The molecular formula is C31H36F2N2O4. The van der Waals surface area contributed by atoms with E-state index in [-0.39, 0.29) is 24.4 Å². The van der Waals surface area contributed by atoms with E-state index in [2.05, 4.69) is 34.5 Å². The fraction of sp³-hybridized carbons (Fsp3) is 0.419. The molecule has 3 aromatic rings. The van der Waals surface area contributed by atoms with Crippen molar-refractivity contribution in [1.29, 1.82) is 0 Å². The first-order valence-corrected chi connectivity index (χ1v) is 13.6. The molecule has 2 atom stereocenters. The summed E-state index contributed by atoms with van der Waals surface area (Å²) >= 11 is 0. The molecule has 39 heavy (non-hydrogen) atoms. The first kappa shape index (κ1) is 27.4. The van der Waals surface area contributed by atoms with Crippen molar-refractivity contribution in [3.8, 4) is 11.5 Å². The molecule has 0 aliphatic carbocycles. The topological polar surface area (TPSA) is 52.2 Å². The number of piperidine rings is 1. The second kappa shape index (κ2) is 13.2. The first-order valence-electron chi connectivity index (χ1n) is 13.6. The molecule has 0 aromatic heterocycles. The lowest BCUT2D eigenvalue weighted by Crippen LogP contribution is -2.41. The van der Waals surface area contributed by atoms with Crippen LogP contribution in [-0.4, -0.2) is 52.6 Å². The highest BCUT2D eigenvalue weighted by molar-refractivity contribution is 5.61. The normalized spacial score (nSPS) is 18.9. The third kappa shape index (κ3) is 7.06. The van der Waals surface area contributed by atoms with E-state index in [0.29, 0.717) is 13.2 Å². The standard InChI is InChI=1S/C31H36F2N2O4/c1-36-15-2-13-35-14-16-37-30-9-5-23(17-28(30)35)21-39-31-19-34-12-11-26(31)24-6-3-22(4-7-24)20-38-29-10-8-25(32)18-27(29)33/h3-10,17-18,26,31,34H,2,11-16,19-21H2,1H3. The van der Waals surface area contributed by atoms with Gasteiger partial charge < -0.3 is 29.2 Å². The van der Waals surface area contributed by atoms with E-state index >= 15 is 0 Å². The van der Waals surface area contributed by atoms with Crippen molar-refractivity contribution >= 4 is 5.69 Å². The van der Waals surface area contributed by atoms with E-state index in [9.17, 15) is 8.78 Å². The number of methoxy groups -OCH3 is 1. The Bertz CT molecular complexity index is 1220. The lowest BCUT2D eigenvalue weighted by molar-refractivity contribution is 0.0106. The maximum atomic E-state index is 13.9. The summed E-state index contributed by atoms with van der Waals surface area (Å²) in [6.07, 6.45) is 1.99. The quantitative estimate of drug-likeness (QED) is 0.328. The molecule has 1 fully saturated rings. The van der Waals surface area contributed by atoms with Crippen LogP contribution in [0.1, 0.15) is 35.4 Å². The lowest BCUT2D eigenvalue weighted by atomic mass is 9.87. The Hall–Kier alpha value is -3.20. The highest BCUT2D eigenvalue weighted by atomic mass is 19.1. The predicted molar refractivity (Wildman–Crippen MR) is 147 cm³/mol. The number of benzene rings is 3. The van der Waals surface area contributed by atoms with Crippen molar-refractivity contribution in [2.45, 2.75) is 38.1 Å². The van der Waals surface area contributed by atoms with Crippen LogP contribution in [0.25, 0.3) is 0 Å². The highest BCUT2D eigenvalue weighted by Gasteiger charge is 2.27. The fourth-order valence-electron chi connectivity index (χ4n) is 5.24. The van der Waals surface area contributed by atoms with Crippen molar-refractivity contribution in [1.82, 2.24) is 5.32 Å². The monoisotopic (exact) mass is 538 g/mol. The van der Waals surface area contributed by atoms with Crippen LogP contribution in [0, 0.1) is 11.6 Å². The van der Waals surface area contributed by atoms with Gasteiger partial charge in [0.25, 0.3) is 0 Å². The summed E-state index contributed by atoms with van der Waals surface area (Å²) in [4.78, 5) is 2.36. The number of hydrogen-bond donors (Lipinski definition) is 1. The van der Waals surface area contributed by atoms with Gasteiger partial charge in [0.05, 0.1) is 24.9 Å². The number of rotatable bonds is 11. The van der Waals surface area contributed by atoms with Gasteiger partial charge in [0, 0.05) is 38.8 Å². The van der Waals surface area contributed by atoms with Gasteiger partial charge in [-0.3, -0.25) is 0 Å². The summed E-state index contributed by atoms with van der Waals surface area (Å²) in [5.74, 6) is -0.0951. The summed E-state index contributed by atoms with van der Waals surface area (Å²) in [6, 6.07) is 17.8. The molecule has 0 amide bonds. The van der Waals surface area contributed by atoms with E-state index in [0.717, 1.165) is 74.3 Å². The molecule has 0 spiro atoms. The van der Waals surface area contributed by atoms with Gasteiger partial charge in [-0.05, 0) is 60.3 Å². The minimum atomic E-state index is -0.702. The molecule has 1 N–H and O–H groups in total. The van der Waals surface area contributed by atoms with Crippen molar-refractivity contribution in [3.63, 3.8) is 0 Å². The van der Waals surface area contributed by atoms with Crippen molar-refractivity contribution in [3.05, 3.63) is 89.0 Å². The van der Waals surface area contributed by atoms with E-state index in [1.807, 2.05) is 18.2 Å². The Morgan fingerprint density at radius 3 is 2.67 bits per heavy atom.